The lowest BCUT2D eigenvalue weighted by molar-refractivity contribution is -0.137. The lowest BCUT2D eigenvalue weighted by Crippen LogP contribution is -2.04. The molecule has 0 radical (unpaired) electrons. The second-order valence-corrected chi connectivity index (χ2v) is 3.89. The molecule has 0 aliphatic carbocycles. The van der Waals surface area contributed by atoms with E-state index < -0.39 is 17.6 Å². The van der Waals surface area contributed by atoms with E-state index in [2.05, 4.69) is 0 Å². The molecule has 19 heavy (non-hydrogen) atoms. The molecule has 0 saturated heterocycles. The summed E-state index contributed by atoms with van der Waals surface area (Å²) in [5, 5.41) is 0. The highest BCUT2D eigenvalue weighted by Crippen LogP contribution is 2.31. The third-order valence-corrected chi connectivity index (χ3v) is 2.69. The summed E-state index contributed by atoms with van der Waals surface area (Å²) in [6, 6.07) is 8.22. The van der Waals surface area contributed by atoms with Crippen molar-refractivity contribution in [2.24, 2.45) is 0 Å². The first-order valence-corrected chi connectivity index (χ1v) is 5.35. The van der Waals surface area contributed by atoms with Crippen LogP contribution in [0.15, 0.2) is 42.5 Å². The Balaban J connectivity index is 2.49. The summed E-state index contributed by atoms with van der Waals surface area (Å²) in [7, 11) is 0. The summed E-state index contributed by atoms with van der Waals surface area (Å²) < 4.78 is 50.6. The Bertz CT molecular complexity index is 600. The second kappa shape index (κ2) is 4.84. The number of halogens is 4. The van der Waals surface area contributed by atoms with E-state index in [1.807, 2.05) is 0 Å². The van der Waals surface area contributed by atoms with Gasteiger partial charge in [0.25, 0.3) is 0 Å². The van der Waals surface area contributed by atoms with Gasteiger partial charge < -0.3 is 0 Å². The van der Waals surface area contributed by atoms with Gasteiger partial charge in [-0.2, -0.15) is 13.2 Å². The topological polar surface area (TPSA) is 17.1 Å². The quantitative estimate of drug-likeness (QED) is 0.585. The molecule has 0 heterocycles. The van der Waals surface area contributed by atoms with Crippen LogP contribution in [-0.2, 0) is 6.18 Å². The number of hydrogen-bond donors (Lipinski definition) is 0. The van der Waals surface area contributed by atoms with Gasteiger partial charge in [0, 0.05) is 0 Å². The molecule has 2 rings (SSSR count). The standard InChI is InChI=1S/C14H8F4O/c15-13-3-1-2-11(12(13)8-19)9-4-6-10(7-5-9)14(16,17)18/h1-8H. The smallest absolute Gasteiger partial charge is 0.298 e. The number of benzene rings is 2. The summed E-state index contributed by atoms with van der Waals surface area (Å²) in [6.07, 6.45) is -4.07. The molecule has 0 aliphatic heterocycles. The molecule has 0 spiro atoms. The van der Waals surface area contributed by atoms with E-state index in [4.69, 9.17) is 0 Å². The molecule has 0 N–H and O–H groups in total. The average Bonchev–Trinajstić information content (AvgIpc) is 2.37. The largest absolute Gasteiger partial charge is 0.416 e. The van der Waals surface area contributed by atoms with Crippen molar-refractivity contribution in [3.05, 3.63) is 59.4 Å². The van der Waals surface area contributed by atoms with Crippen molar-refractivity contribution in [2.45, 2.75) is 6.18 Å². The van der Waals surface area contributed by atoms with Crippen molar-refractivity contribution in [3.63, 3.8) is 0 Å². The maximum atomic E-state index is 13.4. The van der Waals surface area contributed by atoms with Crippen LogP contribution in [0.4, 0.5) is 17.6 Å². The van der Waals surface area contributed by atoms with E-state index in [1.165, 1.54) is 24.3 Å². The monoisotopic (exact) mass is 268 g/mol. The fourth-order valence-corrected chi connectivity index (χ4v) is 1.75. The van der Waals surface area contributed by atoms with Crippen LogP contribution < -0.4 is 0 Å². The van der Waals surface area contributed by atoms with Crippen LogP contribution in [0.25, 0.3) is 11.1 Å². The average molecular weight is 268 g/mol. The highest BCUT2D eigenvalue weighted by Gasteiger charge is 2.30. The zero-order valence-corrected chi connectivity index (χ0v) is 9.54. The lowest BCUT2D eigenvalue weighted by atomic mass is 9.99. The summed E-state index contributed by atoms with van der Waals surface area (Å²) in [5.74, 6) is -0.701. The molecule has 0 unspecified atom stereocenters. The molecular weight excluding hydrogens is 260 g/mol. The van der Waals surface area contributed by atoms with Crippen molar-refractivity contribution in [1.29, 1.82) is 0 Å². The third-order valence-electron chi connectivity index (χ3n) is 2.69. The first-order valence-electron chi connectivity index (χ1n) is 5.35. The van der Waals surface area contributed by atoms with Crippen LogP contribution in [0.5, 0.6) is 0 Å². The molecule has 1 nitrogen and oxygen atoms in total. The highest BCUT2D eigenvalue weighted by atomic mass is 19.4. The first kappa shape index (κ1) is 13.3. The maximum absolute atomic E-state index is 13.4. The molecule has 2 aromatic carbocycles. The Morgan fingerprint density at radius 3 is 2.11 bits per heavy atom. The van der Waals surface area contributed by atoms with Gasteiger partial charge in [-0.3, -0.25) is 4.79 Å². The fourth-order valence-electron chi connectivity index (χ4n) is 1.75. The van der Waals surface area contributed by atoms with E-state index in [9.17, 15) is 22.4 Å². The van der Waals surface area contributed by atoms with Crippen LogP contribution in [0.3, 0.4) is 0 Å². The van der Waals surface area contributed by atoms with Crippen molar-refractivity contribution in [2.75, 3.05) is 0 Å². The van der Waals surface area contributed by atoms with Gasteiger partial charge in [-0.1, -0.05) is 24.3 Å². The summed E-state index contributed by atoms with van der Waals surface area (Å²) in [4.78, 5) is 10.8. The van der Waals surface area contributed by atoms with Gasteiger partial charge in [-0.15, -0.1) is 0 Å². The number of hydrogen-bond acceptors (Lipinski definition) is 1. The Hall–Kier alpha value is -2.17. The Kier molecular flexibility index (Phi) is 3.38. The van der Waals surface area contributed by atoms with Gasteiger partial charge in [0.1, 0.15) is 5.82 Å². The van der Waals surface area contributed by atoms with E-state index in [-0.39, 0.29) is 11.1 Å². The van der Waals surface area contributed by atoms with E-state index in [0.29, 0.717) is 11.8 Å². The summed E-state index contributed by atoms with van der Waals surface area (Å²) >= 11 is 0. The van der Waals surface area contributed by atoms with Gasteiger partial charge in [-0.05, 0) is 29.3 Å². The zero-order valence-electron chi connectivity index (χ0n) is 9.54. The van der Waals surface area contributed by atoms with Crippen LogP contribution >= 0.6 is 0 Å². The van der Waals surface area contributed by atoms with Gasteiger partial charge in [0.15, 0.2) is 6.29 Å². The van der Waals surface area contributed by atoms with Crippen molar-refractivity contribution < 1.29 is 22.4 Å². The van der Waals surface area contributed by atoms with Crippen LogP contribution in [0, 0.1) is 5.82 Å². The van der Waals surface area contributed by atoms with E-state index >= 15 is 0 Å². The first-order chi connectivity index (χ1) is 8.93. The third kappa shape index (κ3) is 2.65. The van der Waals surface area contributed by atoms with E-state index in [1.54, 1.807) is 0 Å². The van der Waals surface area contributed by atoms with Gasteiger partial charge in [-0.25, -0.2) is 4.39 Å². The van der Waals surface area contributed by atoms with E-state index in [0.717, 1.165) is 18.2 Å². The molecule has 0 amide bonds. The Morgan fingerprint density at radius 1 is 0.947 bits per heavy atom. The van der Waals surface area contributed by atoms with Crippen LogP contribution in [-0.4, -0.2) is 6.29 Å². The molecule has 2 aromatic rings. The van der Waals surface area contributed by atoms with Gasteiger partial charge in [0.05, 0.1) is 11.1 Å². The van der Waals surface area contributed by atoms with Gasteiger partial charge >= 0.3 is 6.18 Å². The number of aldehydes is 1. The fraction of sp³-hybridized carbons (Fsp3) is 0.0714. The molecule has 0 atom stereocenters. The molecular formula is C14H8F4O. The molecule has 0 aliphatic rings. The van der Waals surface area contributed by atoms with Crippen molar-refractivity contribution in [3.8, 4) is 11.1 Å². The van der Waals surface area contributed by atoms with Crippen molar-refractivity contribution in [1.82, 2.24) is 0 Å². The Morgan fingerprint density at radius 2 is 1.58 bits per heavy atom. The predicted octanol–water partition coefficient (Wildman–Crippen LogP) is 4.32. The minimum Gasteiger partial charge on any atom is -0.298 e. The number of carbonyl (C=O) groups is 1. The number of rotatable bonds is 2. The molecule has 0 saturated carbocycles. The maximum Gasteiger partial charge on any atom is 0.416 e. The second-order valence-electron chi connectivity index (χ2n) is 3.89. The summed E-state index contributed by atoms with van der Waals surface area (Å²) in [6.45, 7) is 0. The SMILES string of the molecule is O=Cc1c(F)cccc1-c1ccc(C(F)(F)F)cc1. The lowest BCUT2D eigenvalue weighted by Gasteiger charge is -2.09. The molecule has 5 heteroatoms. The normalized spacial score (nSPS) is 11.4. The molecule has 0 aromatic heterocycles. The molecule has 98 valence electrons. The minimum atomic E-state index is -4.42. The highest BCUT2D eigenvalue weighted by molar-refractivity contribution is 5.87. The predicted molar refractivity (Wildman–Crippen MR) is 62.2 cm³/mol. The van der Waals surface area contributed by atoms with Gasteiger partial charge in [0.2, 0.25) is 0 Å². The molecule has 0 fully saturated rings. The molecule has 0 bridgehead atoms. The van der Waals surface area contributed by atoms with Crippen molar-refractivity contribution >= 4 is 6.29 Å². The van der Waals surface area contributed by atoms with Crippen LogP contribution in [0.2, 0.25) is 0 Å². The minimum absolute atomic E-state index is 0.165. The summed E-state index contributed by atoms with van der Waals surface area (Å²) in [5.41, 5.74) is -0.333. The number of carbonyl (C=O) groups excluding carboxylic acids is 1. The zero-order chi connectivity index (χ0) is 14.0. The number of alkyl halides is 3. The van der Waals surface area contributed by atoms with Crippen LogP contribution in [0.1, 0.15) is 15.9 Å². The Labute approximate surface area is 106 Å².